The van der Waals surface area contributed by atoms with E-state index in [1.54, 1.807) is 7.11 Å². The molecule has 2 heteroatoms. The first-order valence-corrected chi connectivity index (χ1v) is 6.05. The molecule has 0 amide bonds. The Hall–Kier alpha value is -0.860. The molecule has 0 bridgehead atoms. The van der Waals surface area contributed by atoms with E-state index < -0.39 is 0 Å². The highest BCUT2D eigenvalue weighted by Gasteiger charge is 2.10. The maximum absolute atomic E-state index is 5.56. The van der Waals surface area contributed by atoms with E-state index in [0.717, 1.165) is 6.42 Å². The van der Waals surface area contributed by atoms with Crippen molar-refractivity contribution in [1.29, 1.82) is 0 Å². The van der Waals surface area contributed by atoms with E-state index in [2.05, 4.69) is 38.1 Å². The summed E-state index contributed by atoms with van der Waals surface area (Å²) >= 11 is 0. The lowest BCUT2D eigenvalue weighted by Gasteiger charge is -2.16. The third kappa shape index (κ3) is 3.32. The van der Waals surface area contributed by atoms with Gasteiger partial charge in [-0.15, -0.1) is 0 Å². The maximum atomic E-state index is 5.56. The molecule has 2 atom stereocenters. The predicted octanol–water partition coefficient (Wildman–Crippen LogP) is 3.24. The molecule has 2 N–H and O–H groups in total. The number of nitrogens with two attached hydrogens (primary N) is 1. The summed E-state index contributed by atoms with van der Waals surface area (Å²) in [5, 5.41) is 0. The molecule has 1 aromatic rings. The van der Waals surface area contributed by atoms with Gasteiger partial charge in [-0.2, -0.15) is 0 Å². The fourth-order valence-electron chi connectivity index (χ4n) is 1.85. The van der Waals surface area contributed by atoms with Crippen LogP contribution in [-0.4, -0.2) is 13.7 Å². The highest BCUT2D eigenvalue weighted by atomic mass is 16.5. The highest BCUT2D eigenvalue weighted by Crippen LogP contribution is 2.24. The molecule has 0 saturated carbocycles. The molecular weight excluding hydrogens is 198 g/mol. The highest BCUT2D eigenvalue weighted by molar-refractivity contribution is 5.26. The molecule has 2 nitrogen and oxygen atoms in total. The van der Waals surface area contributed by atoms with Crippen molar-refractivity contribution in [2.45, 2.75) is 38.7 Å². The molecule has 0 aliphatic carbocycles. The minimum Gasteiger partial charge on any atom is -0.377 e. The molecule has 0 aliphatic heterocycles. The van der Waals surface area contributed by atoms with Gasteiger partial charge in [0.1, 0.15) is 0 Å². The van der Waals surface area contributed by atoms with E-state index in [0.29, 0.717) is 12.5 Å². The lowest BCUT2D eigenvalue weighted by atomic mass is 9.96. The van der Waals surface area contributed by atoms with Gasteiger partial charge in [-0.25, -0.2) is 0 Å². The van der Waals surface area contributed by atoms with E-state index in [1.807, 2.05) is 0 Å². The van der Waals surface area contributed by atoms with Crippen LogP contribution in [0.3, 0.4) is 0 Å². The molecule has 0 heterocycles. The van der Waals surface area contributed by atoms with Gasteiger partial charge in [-0.05, 0) is 36.4 Å². The summed E-state index contributed by atoms with van der Waals surface area (Å²) in [5.74, 6) is 0.629. The van der Waals surface area contributed by atoms with E-state index >= 15 is 0 Å². The Morgan fingerprint density at radius 1 is 1.19 bits per heavy atom. The SMILES string of the molecule is CCC(C)c1ccc(C(CCN)OC)cc1. The summed E-state index contributed by atoms with van der Waals surface area (Å²) in [6.07, 6.45) is 2.19. The van der Waals surface area contributed by atoms with Crippen molar-refractivity contribution in [2.75, 3.05) is 13.7 Å². The molecular formula is C14H23NO. The quantitative estimate of drug-likeness (QED) is 0.800. The van der Waals surface area contributed by atoms with Crippen molar-refractivity contribution < 1.29 is 4.74 Å². The predicted molar refractivity (Wildman–Crippen MR) is 68.6 cm³/mol. The van der Waals surface area contributed by atoms with E-state index in [1.165, 1.54) is 17.5 Å². The van der Waals surface area contributed by atoms with E-state index in [4.69, 9.17) is 10.5 Å². The van der Waals surface area contributed by atoms with Gasteiger partial charge in [-0.3, -0.25) is 0 Å². The number of rotatable bonds is 6. The normalized spacial score (nSPS) is 14.8. The van der Waals surface area contributed by atoms with Gasteiger partial charge in [0, 0.05) is 7.11 Å². The van der Waals surface area contributed by atoms with Crippen LogP contribution < -0.4 is 5.73 Å². The number of ether oxygens (including phenoxy) is 1. The van der Waals surface area contributed by atoms with Gasteiger partial charge in [0.05, 0.1) is 6.10 Å². The Labute approximate surface area is 98.8 Å². The smallest absolute Gasteiger partial charge is 0.0833 e. The molecule has 0 saturated heterocycles. The number of hydrogen-bond acceptors (Lipinski definition) is 2. The first-order valence-electron chi connectivity index (χ1n) is 6.05. The monoisotopic (exact) mass is 221 g/mol. The first-order chi connectivity index (χ1) is 7.72. The second-order valence-electron chi connectivity index (χ2n) is 4.28. The average Bonchev–Trinajstić information content (AvgIpc) is 2.35. The second-order valence-corrected chi connectivity index (χ2v) is 4.28. The Morgan fingerprint density at radius 2 is 1.75 bits per heavy atom. The third-order valence-corrected chi connectivity index (χ3v) is 3.20. The zero-order valence-corrected chi connectivity index (χ0v) is 10.6. The molecule has 0 spiro atoms. The molecule has 0 fully saturated rings. The average molecular weight is 221 g/mol. The summed E-state index contributed by atoms with van der Waals surface area (Å²) < 4.78 is 5.42. The van der Waals surface area contributed by atoms with Crippen molar-refractivity contribution in [3.05, 3.63) is 35.4 Å². The first kappa shape index (κ1) is 13.2. The summed E-state index contributed by atoms with van der Waals surface area (Å²) in [7, 11) is 1.74. The zero-order chi connectivity index (χ0) is 12.0. The topological polar surface area (TPSA) is 35.2 Å². The van der Waals surface area contributed by atoms with Crippen LogP contribution in [0.25, 0.3) is 0 Å². The second kappa shape index (κ2) is 6.66. The summed E-state index contributed by atoms with van der Waals surface area (Å²) in [6.45, 7) is 5.12. The fourth-order valence-corrected chi connectivity index (χ4v) is 1.85. The summed E-state index contributed by atoms with van der Waals surface area (Å²) in [5.41, 5.74) is 8.18. The molecule has 1 rings (SSSR count). The van der Waals surface area contributed by atoms with E-state index in [9.17, 15) is 0 Å². The number of hydrogen-bond donors (Lipinski definition) is 1. The van der Waals surface area contributed by atoms with Crippen LogP contribution in [-0.2, 0) is 4.74 Å². The van der Waals surface area contributed by atoms with Gasteiger partial charge in [0.25, 0.3) is 0 Å². The molecule has 0 aromatic heterocycles. The van der Waals surface area contributed by atoms with Crippen LogP contribution in [0.15, 0.2) is 24.3 Å². The largest absolute Gasteiger partial charge is 0.377 e. The summed E-state index contributed by atoms with van der Waals surface area (Å²) in [4.78, 5) is 0. The van der Waals surface area contributed by atoms with Crippen LogP contribution in [0.5, 0.6) is 0 Å². The Balaban J connectivity index is 2.76. The molecule has 1 aromatic carbocycles. The summed E-state index contributed by atoms with van der Waals surface area (Å²) in [6, 6.07) is 8.72. The van der Waals surface area contributed by atoms with Crippen LogP contribution in [0.1, 0.15) is 49.8 Å². The maximum Gasteiger partial charge on any atom is 0.0833 e. The van der Waals surface area contributed by atoms with Crippen LogP contribution in [0, 0.1) is 0 Å². The third-order valence-electron chi connectivity index (χ3n) is 3.20. The van der Waals surface area contributed by atoms with Crippen LogP contribution >= 0.6 is 0 Å². The lowest BCUT2D eigenvalue weighted by molar-refractivity contribution is 0.0978. The van der Waals surface area contributed by atoms with Crippen molar-refractivity contribution in [3.63, 3.8) is 0 Å². The zero-order valence-electron chi connectivity index (χ0n) is 10.6. The van der Waals surface area contributed by atoms with Crippen molar-refractivity contribution in [2.24, 2.45) is 5.73 Å². The van der Waals surface area contributed by atoms with Crippen molar-refractivity contribution >= 4 is 0 Å². The van der Waals surface area contributed by atoms with E-state index in [-0.39, 0.29) is 6.10 Å². The van der Waals surface area contributed by atoms with Gasteiger partial charge in [-0.1, -0.05) is 38.1 Å². The number of benzene rings is 1. The molecule has 0 aliphatic rings. The Bertz CT molecular complexity index is 294. The van der Waals surface area contributed by atoms with Gasteiger partial charge in [0.15, 0.2) is 0 Å². The number of methoxy groups -OCH3 is 1. The van der Waals surface area contributed by atoms with Gasteiger partial charge >= 0.3 is 0 Å². The van der Waals surface area contributed by atoms with Crippen molar-refractivity contribution in [3.8, 4) is 0 Å². The molecule has 0 radical (unpaired) electrons. The Kier molecular flexibility index (Phi) is 5.50. The van der Waals surface area contributed by atoms with Crippen molar-refractivity contribution in [1.82, 2.24) is 0 Å². The standard InChI is InChI=1S/C14H23NO/c1-4-11(2)12-5-7-13(8-6-12)14(16-3)9-10-15/h5-8,11,14H,4,9-10,15H2,1-3H3. The van der Waals surface area contributed by atoms with Gasteiger partial charge in [0.2, 0.25) is 0 Å². The minimum absolute atomic E-state index is 0.135. The Morgan fingerprint density at radius 3 is 2.19 bits per heavy atom. The van der Waals surface area contributed by atoms with Crippen LogP contribution in [0.2, 0.25) is 0 Å². The lowest BCUT2D eigenvalue weighted by Crippen LogP contribution is -2.09. The van der Waals surface area contributed by atoms with Gasteiger partial charge < -0.3 is 10.5 Å². The van der Waals surface area contributed by atoms with Crippen LogP contribution in [0.4, 0.5) is 0 Å². The molecule has 16 heavy (non-hydrogen) atoms. The fraction of sp³-hybridized carbons (Fsp3) is 0.571. The minimum atomic E-state index is 0.135. The molecule has 90 valence electrons. The molecule has 2 unspecified atom stereocenters.